The first-order valence-electron chi connectivity index (χ1n) is 9.78. The Morgan fingerprint density at radius 1 is 0.967 bits per heavy atom. The van der Waals surface area contributed by atoms with Gasteiger partial charge in [0, 0.05) is 17.8 Å². The maximum absolute atomic E-state index is 13.1. The van der Waals surface area contributed by atoms with E-state index in [1.807, 2.05) is 60.7 Å². The number of halogens is 1. The van der Waals surface area contributed by atoms with Crippen molar-refractivity contribution in [2.45, 2.75) is 32.5 Å². The van der Waals surface area contributed by atoms with Crippen LogP contribution in [0.4, 0.5) is 0 Å². The van der Waals surface area contributed by atoms with Gasteiger partial charge >= 0.3 is 0 Å². The Balaban J connectivity index is 1.72. The average molecular weight is 422 g/mol. The zero-order chi connectivity index (χ0) is 21.3. The van der Waals surface area contributed by atoms with Crippen molar-refractivity contribution < 1.29 is 9.59 Å². The lowest BCUT2D eigenvalue weighted by molar-refractivity contribution is -0.140. The van der Waals surface area contributed by atoms with Crippen LogP contribution < -0.4 is 5.32 Å². The third-order valence-electron chi connectivity index (χ3n) is 4.80. The number of nitrogens with one attached hydrogen (secondary N) is 1. The molecule has 3 aromatic rings. The van der Waals surface area contributed by atoms with E-state index in [1.165, 1.54) is 0 Å². The predicted molar refractivity (Wildman–Crippen MR) is 118 cm³/mol. The van der Waals surface area contributed by atoms with E-state index in [9.17, 15) is 9.59 Å². The van der Waals surface area contributed by atoms with E-state index >= 15 is 0 Å². The van der Waals surface area contributed by atoms with Crippen molar-refractivity contribution in [3.63, 3.8) is 0 Å². The molecule has 1 N–H and O–H groups in total. The van der Waals surface area contributed by atoms with Crippen molar-refractivity contribution in [1.29, 1.82) is 0 Å². The largest absolute Gasteiger partial charge is 0.349 e. The number of amides is 2. The first kappa shape index (κ1) is 21.5. The molecule has 2 amide bonds. The van der Waals surface area contributed by atoms with Gasteiger partial charge in [-0.1, -0.05) is 60.1 Å². The molecule has 0 aliphatic carbocycles. The summed E-state index contributed by atoms with van der Waals surface area (Å²) in [5.74, 6) is -0.345. The van der Waals surface area contributed by atoms with Crippen LogP contribution >= 0.6 is 11.6 Å². The summed E-state index contributed by atoms with van der Waals surface area (Å²) >= 11 is 5.94. The molecule has 0 aliphatic heterocycles. The highest BCUT2D eigenvalue weighted by atomic mass is 35.5. The van der Waals surface area contributed by atoms with Gasteiger partial charge in [0.25, 0.3) is 0 Å². The third kappa shape index (κ3) is 6.16. The van der Waals surface area contributed by atoms with Gasteiger partial charge in [0.2, 0.25) is 11.8 Å². The second kappa shape index (κ2) is 10.6. The highest BCUT2D eigenvalue weighted by Gasteiger charge is 2.26. The number of rotatable bonds is 8. The lowest BCUT2D eigenvalue weighted by Gasteiger charge is -2.29. The molecule has 5 nitrogen and oxygen atoms in total. The molecule has 2 aromatic carbocycles. The summed E-state index contributed by atoms with van der Waals surface area (Å²) < 4.78 is 0. The predicted octanol–water partition coefficient (Wildman–Crippen LogP) is 4.01. The number of benzene rings is 2. The molecule has 0 bridgehead atoms. The molecule has 1 atom stereocenters. The second-order valence-electron chi connectivity index (χ2n) is 7.03. The minimum Gasteiger partial charge on any atom is -0.349 e. The van der Waals surface area contributed by atoms with Crippen LogP contribution in [-0.4, -0.2) is 27.7 Å². The van der Waals surface area contributed by atoms with Gasteiger partial charge in [-0.05, 0) is 42.3 Å². The number of pyridine rings is 1. The summed E-state index contributed by atoms with van der Waals surface area (Å²) in [6, 6.07) is 21.7. The summed E-state index contributed by atoms with van der Waals surface area (Å²) in [5, 5.41) is 3.50. The van der Waals surface area contributed by atoms with E-state index in [4.69, 9.17) is 11.6 Å². The van der Waals surface area contributed by atoms with E-state index in [0.717, 1.165) is 16.8 Å². The van der Waals surface area contributed by atoms with Gasteiger partial charge in [-0.15, -0.1) is 0 Å². The molecule has 0 aliphatic rings. The van der Waals surface area contributed by atoms with Gasteiger partial charge in [-0.2, -0.15) is 0 Å². The van der Waals surface area contributed by atoms with Crippen molar-refractivity contribution in [1.82, 2.24) is 15.2 Å². The van der Waals surface area contributed by atoms with E-state index < -0.39 is 6.04 Å². The average Bonchev–Trinajstić information content (AvgIpc) is 2.78. The molecule has 154 valence electrons. The van der Waals surface area contributed by atoms with Crippen LogP contribution in [0.1, 0.15) is 23.7 Å². The Hall–Kier alpha value is -3.18. The van der Waals surface area contributed by atoms with Crippen LogP contribution in [0.3, 0.4) is 0 Å². The third-order valence-corrected chi connectivity index (χ3v) is 5.05. The van der Waals surface area contributed by atoms with Gasteiger partial charge < -0.3 is 10.2 Å². The van der Waals surface area contributed by atoms with Crippen molar-refractivity contribution >= 4 is 23.4 Å². The van der Waals surface area contributed by atoms with Gasteiger partial charge in [-0.25, -0.2) is 0 Å². The van der Waals surface area contributed by atoms with E-state index in [2.05, 4.69) is 10.3 Å². The summed E-state index contributed by atoms with van der Waals surface area (Å²) in [7, 11) is 0. The Kier molecular flexibility index (Phi) is 7.57. The highest BCUT2D eigenvalue weighted by molar-refractivity contribution is 6.30. The molecule has 1 aromatic heterocycles. The number of carbonyl (C=O) groups is 2. The second-order valence-corrected chi connectivity index (χ2v) is 7.46. The molecule has 0 fully saturated rings. The standard InChI is InChI=1S/C24H24ClN3O2/c1-18(24(30)27-16-22-9-5-6-14-26-22)28(17-20-7-3-2-4-8-20)23(29)15-19-10-12-21(25)13-11-19/h2-14,18H,15-17H2,1H3,(H,27,30)/t18-/m0/s1. The Morgan fingerprint density at radius 2 is 1.67 bits per heavy atom. The monoisotopic (exact) mass is 421 g/mol. The molecular weight excluding hydrogens is 398 g/mol. The first-order valence-corrected chi connectivity index (χ1v) is 10.2. The molecule has 3 rings (SSSR count). The van der Waals surface area contributed by atoms with Crippen LogP contribution in [-0.2, 0) is 29.1 Å². The zero-order valence-electron chi connectivity index (χ0n) is 16.8. The molecule has 0 radical (unpaired) electrons. The summed E-state index contributed by atoms with van der Waals surface area (Å²) in [6.45, 7) is 2.41. The van der Waals surface area contributed by atoms with Crippen LogP contribution in [0.15, 0.2) is 79.0 Å². The van der Waals surface area contributed by atoms with E-state index in [0.29, 0.717) is 18.1 Å². The number of nitrogens with zero attached hydrogens (tertiary/aromatic N) is 2. The fourth-order valence-corrected chi connectivity index (χ4v) is 3.20. The summed E-state index contributed by atoms with van der Waals surface area (Å²) in [4.78, 5) is 31.7. The van der Waals surface area contributed by atoms with Gasteiger partial charge in [0.1, 0.15) is 6.04 Å². The number of hydrogen-bond acceptors (Lipinski definition) is 3. The Bertz CT molecular complexity index is 963. The number of carbonyl (C=O) groups excluding carboxylic acids is 2. The lowest BCUT2D eigenvalue weighted by Crippen LogP contribution is -2.48. The van der Waals surface area contributed by atoms with Gasteiger partial charge in [0.15, 0.2) is 0 Å². The van der Waals surface area contributed by atoms with Gasteiger partial charge in [-0.3, -0.25) is 14.6 Å². The van der Waals surface area contributed by atoms with E-state index in [1.54, 1.807) is 30.2 Å². The maximum atomic E-state index is 13.1. The molecule has 0 spiro atoms. The summed E-state index contributed by atoms with van der Waals surface area (Å²) in [6.07, 6.45) is 1.88. The molecule has 0 saturated carbocycles. The van der Waals surface area contributed by atoms with Crippen molar-refractivity contribution in [2.75, 3.05) is 0 Å². The van der Waals surface area contributed by atoms with Crippen molar-refractivity contribution in [2.24, 2.45) is 0 Å². The first-order chi connectivity index (χ1) is 14.5. The molecule has 0 unspecified atom stereocenters. The zero-order valence-corrected chi connectivity index (χ0v) is 17.5. The molecule has 1 heterocycles. The van der Waals surface area contributed by atoms with Crippen LogP contribution in [0.5, 0.6) is 0 Å². The quantitative estimate of drug-likeness (QED) is 0.597. The van der Waals surface area contributed by atoms with E-state index in [-0.39, 0.29) is 18.2 Å². The fourth-order valence-electron chi connectivity index (χ4n) is 3.07. The van der Waals surface area contributed by atoms with Crippen LogP contribution in [0.2, 0.25) is 5.02 Å². The molecular formula is C24H24ClN3O2. The van der Waals surface area contributed by atoms with Gasteiger partial charge in [0.05, 0.1) is 18.7 Å². The van der Waals surface area contributed by atoms with Crippen LogP contribution in [0.25, 0.3) is 0 Å². The van der Waals surface area contributed by atoms with Crippen molar-refractivity contribution in [3.8, 4) is 0 Å². The molecule has 0 saturated heterocycles. The smallest absolute Gasteiger partial charge is 0.242 e. The highest BCUT2D eigenvalue weighted by Crippen LogP contribution is 2.14. The number of hydrogen-bond donors (Lipinski definition) is 1. The Morgan fingerprint density at radius 3 is 2.33 bits per heavy atom. The fraction of sp³-hybridized carbons (Fsp3) is 0.208. The minimum absolute atomic E-state index is 0.123. The molecule has 6 heteroatoms. The van der Waals surface area contributed by atoms with Crippen LogP contribution in [0, 0.1) is 0 Å². The lowest BCUT2D eigenvalue weighted by atomic mass is 10.1. The normalized spacial score (nSPS) is 11.5. The maximum Gasteiger partial charge on any atom is 0.242 e. The Labute approximate surface area is 181 Å². The minimum atomic E-state index is -0.631. The topological polar surface area (TPSA) is 62.3 Å². The SMILES string of the molecule is C[C@@H](C(=O)NCc1ccccn1)N(Cc1ccccc1)C(=O)Cc1ccc(Cl)cc1. The van der Waals surface area contributed by atoms with Crippen molar-refractivity contribution in [3.05, 3.63) is 101 Å². The summed E-state index contributed by atoms with van der Waals surface area (Å²) in [5.41, 5.74) is 2.58. The number of aromatic nitrogens is 1. The molecule has 30 heavy (non-hydrogen) atoms.